The lowest BCUT2D eigenvalue weighted by molar-refractivity contribution is 0.0632. The maximum absolute atomic E-state index is 12.2. The van der Waals surface area contributed by atoms with Gasteiger partial charge in [-0.25, -0.2) is 19.2 Å². The van der Waals surface area contributed by atoms with Gasteiger partial charge < -0.3 is 20.4 Å². The zero-order valence-corrected chi connectivity index (χ0v) is 20.3. The third-order valence-electron chi connectivity index (χ3n) is 6.12. The van der Waals surface area contributed by atoms with Crippen molar-refractivity contribution in [3.8, 4) is 0 Å². The molecule has 0 saturated carbocycles. The van der Waals surface area contributed by atoms with Crippen LogP contribution in [0.2, 0.25) is 0 Å². The average Bonchev–Trinajstić information content (AvgIpc) is 2.76. The predicted molar refractivity (Wildman–Crippen MR) is 128 cm³/mol. The van der Waals surface area contributed by atoms with Crippen LogP contribution in [-0.2, 0) is 12.8 Å². The number of hydrogen-bond acceptors (Lipinski definition) is 4. The first-order valence-corrected chi connectivity index (χ1v) is 12.3. The van der Waals surface area contributed by atoms with E-state index < -0.39 is 46.1 Å². The Morgan fingerprint density at radius 2 is 0.676 bits per heavy atom. The monoisotopic (exact) mass is 478 g/mol. The molecule has 0 atom stereocenters. The second-order valence-electron chi connectivity index (χ2n) is 8.71. The van der Waals surface area contributed by atoms with E-state index in [9.17, 15) is 39.6 Å². The summed E-state index contributed by atoms with van der Waals surface area (Å²) in [5.41, 5.74) is -2.79. The summed E-state index contributed by atoms with van der Waals surface area (Å²) in [5, 5.41) is 39.6. The van der Waals surface area contributed by atoms with E-state index in [2.05, 4.69) is 13.8 Å². The zero-order chi connectivity index (χ0) is 25.7. The highest BCUT2D eigenvalue weighted by atomic mass is 16.4. The Morgan fingerprint density at radius 3 is 0.912 bits per heavy atom. The number of carboxylic acid groups (broad SMARTS) is 4. The molecule has 8 nitrogen and oxygen atoms in total. The van der Waals surface area contributed by atoms with Gasteiger partial charge in [0.05, 0.1) is 22.3 Å². The molecule has 34 heavy (non-hydrogen) atoms. The number of benzene rings is 1. The molecule has 0 aliphatic heterocycles. The minimum absolute atomic E-state index is 0.00670. The first kappa shape index (κ1) is 29.1. The standard InChI is InChI=1S/C26H38O8/c1-3-5-7-9-11-13-15-17-19(23(27)28)21(25(31)32)18(16-14-12-10-8-6-4-2)22(26(33)34)20(17)24(29)30/h3-16H2,1-2H3,(H,27,28)(H,29,30)(H,31,32)(H,33,34). The number of aromatic carboxylic acids is 4. The molecule has 0 aliphatic rings. The second kappa shape index (κ2) is 15.1. The van der Waals surface area contributed by atoms with E-state index in [4.69, 9.17) is 0 Å². The normalized spacial score (nSPS) is 10.9. The number of carboxylic acids is 4. The quantitative estimate of drug-likeness (QED) is 0.180. The molecule has 0 aliphatic carbocycles. The average molecular weight is 479 g/mol. The van der Waals surface area contributed by atoms with Gasteiger partial charge in [0.1, 0.15) is 0 Å². The highest BCUT2D eigenvalue weighted by Gasteiger charge is 2.35. The van der Waals surface area contributed by atoms with Gasteiger partial charge in [0.25, 0.3) is 0 Å². The molecule has 1 aromatic carbocycles. The van der Waals surface area contributed by atoms with Crippen LogP contribution in [0.15, 0.2) is 0 Å². The summed E-state index contributed by atoms with van der Waals surface area (Å²) in [7, 11) is 0. The number of unbranched alkanes of at least 4 members (excludes halogenated alkanes) is 10. The highest BCUT2D eigenvalue weighted by Crippen LogP contribution is 2.32. The third-order valence-corrected chi connectivity index (χ3v) is 6.12. The van der Waals surface area contributed by atoms with Crippen molar-refractivity contribution in [2.75, 3.05) is 0 Å². The Labute approximate surface area is 201 Å². The Balaban J connectivity index is 3.53. The van der Waals surface area contributed by atoms with Crippen LogP contribution in [0.3, 0.4) is 0 Å². The largest absolute Gasteiger partial charge is 0.478 e. The fourth-order valence-corrected chi connectivity index (χ4v) is 4.46. The Bertz CT molecular complexity index is 748. The van der Waals surface area contributed by atoms with E-state index in [1.807, 2.05) is 0 Å². The summed E-state index contributed by atoms with van der Waals surface area (Å²) < 4.78 is 0. The lowest BCUT2D eigenvalue weighted by atomic mass is 9.82. The van der Waals surface area contributed by atoms with Gasteiger partial charge in [-0.05, 0) is 36.8 Å². The molecule has 0 saturated heterocycles. The van der Waals surface area contributed by atoms with E-state index in [0.29, 0.717) is 25.7 Å². The molecule has 1 aromatic rings. The first-order valence-electron chi connectivity index (χ1n) is 12.3. The minimum atomic E-state index is -1.55. The molecule has 0 amide bonds. The van der Waals surface area contributed by atoms with Gasteiger partial charge in [-0.15, -0.1) is 0 Å². The molecular formula is C26H38O8. The molecule has 1 rings (SSSR count). The van der Waals surface area contributed by atoms with Gasteiger partial charge in [-0.3, -0.25) is 0 Å². The molecule has 0 aromatic heterocycles. The van der Waals surface area contributed by atoms with Crippen molar-refractivity contribution in [3.63, 3.8) is 0 Å². The minimum Gasteiger partial charge on any atom is -0.478 e. The van der Waals surface area contributed by atoms with Gasteiger partial charge in [-0.1, -0.05) is 78.1 Å². The van der Waals surface area contributed by atoms with Crippen molar-refractivity contribution in [3.05, 3.63) is 33.4 Å². The van der Waals surface area contributed by atoms with E-state index in [0.717, 1.165) is 51.4 Å². The van der Waals surface area contributed by atoms with Crippen LogP contribution in [0.4, 0.5) is 0 Å². The number of hydrogen-bond donors (Lipinski definition) is 4. The molecule has 4 N–H and O–H groups in total. The van der Waals surface area contributed by atoms with Crippen molar-refractivity contribution in [2.45, 2.75) is 104 Å². The van der Waals surface area contributed by atoms with Gasteiger partial charge >= 0.3 is 23.9 Å². The topological polar surface area (TPSA) is 149 Å². The van der Waals surface area contributed by atoms with Crippen LogP contribution in [0.5, 0.6) is 0 Å². The van der Waals surface area contributed by atoms with Crippen molar-refractivity contribution < 1.29 is 39.6 Å². The molecule has 8 heteroatoms. The van der Waals surface area contributed by atoms with E-state index >= 15 is 0 Å². The smallest absolute Gasteiger partial charge is 0.336 e. The fraction of sp³-hybridized carbons (Fsp3) is 0.615. The highest BCUT2D eigenvalue weighted by molar-refractivity contribution is 6.12. The maximum Gasteiger partial charge on any atom is 0.336 e. The van der Waals surface area contributed by atoms with Crippen molar-refractivity contribution >= 4 is 23.9 Å². The molecule has 0 radical (unpaired) electrons. The Kier molecular flexibility index (Phi) is 12.9. The third kappa shape index (κ3) is 8.15. The van der Waals surface area contributed by atoms with Crippen molar-refractivity contribution in [1.82, 2.24) is 0 Å². The number of carbonyl (C=O) groups is 4. The summed E-state index contributed by atoms with van der Waals surface area (Å²) in [6.45, 7) is 4.15. The van der Waals surface area contributed by atoms with Crippen molar-refractivity contribution in [1.29, 1.82) is 0 Å². The van der Waals surface area contributed by atoms with Crippen molar-refractivity contribution in [2.24, 2.45) is 0 Å². The Morgan fingerprint density at radius 1 is 0.441 bits per heavy atom. The van der Waals surface area contributed by atoms with Crippen LogP contribution < -0.4 is 0 Å². The molecule has 190 valence electrons. The van der Waals surface area contributed by atoms with Crippen LogP contribution in [0, 0.1) is 0 Å². The molecule has 0 unspecified atom stereocenters. The maximum atomic E-state index is 12.2. The summed E-state index contributed by atoms with van der Waals surface area (Å²) in [4.78, 5) is 48.7. The van der Waals surface area contributed by atoms with E-state index in [1.165, 1.54) is 0 Å². The molecule has 0 heterocycles. The Hall–Kier alpha value is -2.90. The summed E-state index contributed by atoms with van der Waals surface area (Å²) in [5.74, 6) is -6.21. The van der Waals surface area contributed by atoms with Gasteiger partial charge in [0.15, 0.2) is 0 Å². The second-order valence-corrected chi connectivity index (χ2v) is 8.71. The van der Waals surface area contributed by atoms with Crippen LogP contribution in [0.25, 0.3) is 0 Å². The van der Waals surface area contributed by atoms with Crippen LogP contribution in [0.1, 0.15) is 143 Å². The SMILES string of the molecule is CCCCCCCCc1c(C(=O)O)c(C(=O)O)c(CCCCCCCC)c(C(=O)O)c1C(=O)O. The molecule has 0 bridgehead atoms. The van der Waals surface area contributed by atoms with Gasteiger partial charge in [0.2, 0.25) is 0 Å². The van der Waals surface area contributed by atoms with E-state index in [1.54, 1.807) is 0 Å². The zero-order valence-electron chi connectivity index (χ0n) is 20.3. The summed E-state index contributed by atoms with van der Waals surface area (Å²) >= 11 is 0. The lowest BCUT2D eigenvalue weighted by Gasteiger charge is -2.20. The summed E-state index contributed by atoms with van der Waals surface area (Å²) in [6.07, 6.45) is 10.3. The molecular weight excluding hydrogens is 440 g/mol. The number of rotatable bonds is 18. The lowest BCUT2D eigenvalue weighted by Crippen LogP contribution is -2.24. The van der Waals surface area contributed by atoms with E-state index in [-0.39, 0.29) is 24.0 Å². The fourth-order valence-electron chi connectivity index (χ4n) is 4.46. The predicted octanol–water partition coefficient (Wildman–Crippen LogP) is 6.29. The first-order chi connectivity index (χ1) is 16.2. The molecule has 0 spiro atoms. The van der Waals surface area contributed by atoms with Crippen LogP contribution in [-0.4, -0.2) is 44.3 Å². The van der Waals surface area contributed by atoms with Gasteiger partial charge in [-0.2, -0.15) is 0 Å². The summed E-state index contributed by atoms with van der Waals surface area (Å²) in [6, 6.07) is 0. The van der Waals surface area contributed by atoms with Gasteiger partial charge in [0, 0.05) is 0 Å². The van der Waals surface area contributed by atoms with Crippen LogP contribution >= 0.6 is 0 Å². The molecule has 0 fully saturated rings.